The van der Waals surface area contributed by atoms with Crippen molar-refractivity contribution >= 4 is 39.6 Å². The Labute approximate surface area is 288 Å². The molecule has 0 spiro atoms. The lowest BCUT2D eigenvalue weighted by molar-refractivity contribution is -0.142. The standard InChI is InChI=1S/C20H18N2O3.C20H16N2O3/c2*1-24-20(23)17-13-25-19(21-17)16-8-6-14(7-9-16)12-22-11-10-15-4-2-3-5-18(15)22/h2-11,17H,12-13H2,1H3;2-11,13H,12H2,1H3. The summed E-state index contributed by atoms with van der Waals surface area (Å²) < 4.78 is 24.7. The third-order valence-corrected chi connectivity index (χ3v) is 8.49. The van der Waals surface area contributed by atoms with E-state index >= 15 is 0 Å². The SMILES string of the molecule is COC(=O)C1COC(c2ccc(Cn3ccc4ccccc43)cc2)=N1.COC(=O)c1coc(-c2ccc(Cn3ccc4ccccc43)cc2)n1. The van der Waals surface area contributed by atoms with Crippen LogP contribution in [-0.2, 0) is 32.1 Å². The highest BCUT2D eigenvalue weighted by Gasteiger charge is 2.27. The van der Waals surface area contributed by atoms with Gasteiger partial charge in [0, 0.05) is 47.6 Å². The molecule has 0 fully saturated rings. The van der Waals surface area contributed by atoms with Crippen molar-refractivity contribution in [2.45, 2.75) is 19.1 Å². The fourth-order valence-electron chi connectivity index (χ4n) is 5.85. The normalized spacial score (nSPS) is 13.7. The van der Waals surface area contributed by atoms with E-state index in [9.17, 15) is 9.59 Å². The number of esters is 2. The number of carbonyl (C=O) groups excluding carboxylic acids is 2. The minimum absolute atomic E-state index is 0.167. The molecule has 1 aliphatic rings. The second-order valence-electron chi connectivity index (χ2n) is 11.7. The number of rotatable bonds is 8. The van der Waals surface area contributed by atoms with Crippen molar-refractivity contribution in [2.24, 2.45) is 4.99 Å². The summed E-state index contributed by atoms with van der Waals surface area (Å²) in [5.74, 6) is 0.0175. The molecular formula is C40H34N4O6. The van der Waals surface area contributed by atoms with E-state index in [2.05, 4.69) is 90.8 Å². The van der Waals surface area contributed by atoms with E-state index < -0.39 is 12.0 Å². The van der Waals surface area contributed by atoms with E-state index in [1.165, 1.54) is 53.4 Å². The van der Waals surface area contributed by atoms with Gasteiger partial charge in [-0.3, -0.25) is 0 Å². The van der Waals surface area contributed by atoms with Gasteiger partial charge in [0.2, 0.25) is 11.8 Å². The van der Waals surface area contributed by atoms with Gasteiger partial charge < -0.3 is 27.8 Å². The van der Waals surface area contributed by atoms with E-state index in [0.717, 1.165) is 24.2 Å². The molecule has 250 valence electrons. The monoisotopic (exact) mass is 666 g/mol. The first-order chi connectivity index (χ1) is 24.5. The smallest absolute Gasteiger partial charge is 0.360 e. The molecule has 1 atom stereocenters. The van der Waals surface area contributed by atoms with Gasteiger partial charge in [-0.05, 0) is 70.4 Å². The summed E-state index contributed by atoms with van der Waals surface area (Å²) in [6.07, 6.45) is 5.50. The summed E-state index contributed by atoms with van der Waals surface area (Å²) in [4.78, 5) is 31.4. The molecule has 1 aliphatic heterocycles. The zero-order chi connectivity index (χ0) is 34.5. The number of hydrogen-bond donors (Lipinski definition) is 0. The van der Waals surface area contributed by atoms with Gasteiger partial charge in [0.15, 0.2) is 11.7 Å². The predicted molar refractivity (Wildman–Crippen MR) is 190 cm³/mol. The largest absolute Gasteiger partial charge is 0.475 e. The second-order valence-corrected chi connectivity index (χ2v) is 11.7. The minimum Gasteiger partial charge on any atom is -0.475 e. The van der Waals surface area contributed by atoms with Gasteiger partial charge >= 0.3 is 11.9 Å². The Bertz CT molecular complexity index is 2300. The Morgan fingerprint density at radius 3 is 1.84 bits per heavy atom. The van der Waals surface area contributed by atoms with Crippen LogP contribution in [0.1, 0.15) is 27.2 Å². The maximum Gasteiger partial charge on any atom is 0.360 e. The molecular weight excluding hydrogens is 632 g/mol. The lowest BCUT2D eigenvalue weighted by Gasteiger charge is -2.07. The quantitative estimate of drug-likeness (QED) is 0.159. The molecule has 0 amide bonds. The first-order valence-electron chi connectivity index (χ1n) is 16.1. The molecule has 50 heavy (non-hydrogen) atoms. The first kappa shape index (κ1) is 32.1. The number of oxazole rings is 1. The van der Waals surface area contributed by atoms with Crippen molar-refractivity contribution in [1.29, 1.82) is 0 Å². The zero-order valence-electron chi connectivity index (χ0n) is 27.6. The van der Waals surface area contributed by atoms with Crippen LogP contribution in [0.25, 0.3) is 33.3 Å². The number of fused-ring (bicyclic) bond motifs is 2. The van der Waals surface area contributed by atoms with Crippen molar-refractivity contribution in [3.05, 3.63) is 150 Å². The Morgan fingerprint density at radius 1 is 0.720 bits per heavy atom. The topological polar surface area (TPSA) is 110 Å². The third-order valence-electron chi connectivity index (χ3n) is 8.49. The van der Waals surface area contributed by atoms with Gasteiger partial charge in [0.25, 0.3) is 0 Å². The summed E-state index contributed by atoms with van der Waals surface area (Å²) >= 11 is 0. The van der Waals surface area contributed by atoms with Crippen molar-refractivity contribution < 1.29 is 28.2 Å². The zero-order valence-corrected chi connectivity index (χ0v) is 27.6. The number of aromatic nitrogens is 3. The molecule has 10 heteroatoms. The molecule has 0 saturated heterocycles. The Hall–Kier alpha value is -6.42. The van der Waals surface area contributed by atoms with Crippen LogP contribution in [0.5, 0.6) is 0 Å². The van der Waals surface area contributed by atoms with Crippen LogP contribution in [0.4, 0.5) is 0 Å². The lowest BCUT2D eigenvalue weighted by Crippen LogP contribution is -2.21. The number of benzene rings is 4. The average molecular weight is 667 g/mol. The number of ether oxygens (including phenoxy) is 3. The van der Waals surface area contributed by atoms with Gasteiger partial charge in [0.05, 0.1) is 14.2 Å². The number of aliphatic imine (C=N–C) groups is 1. The molecule has 4 heterocycles. The van der Waals surface area contributed by atoms with Crippen LogP contribution < -0.4 is 0 Å². The molecule has 10 nitrogen and oxygen atoms in total. The van der Waals surface area contributed by atoms with Gasteiger partial charge in [-0.1, -0.05) is 60.7 Å². The molecule has 0 saturated carbocycles. The average Bonchev–Trinajstić information content (AvgIpc) is 4.00. The van der Waals surface area contributed by atoms with Crippen LogP contribution in [0.2, 0.25) is 0 Å². The predicted octanol–water partition coefficient (Wildman–Crippen LogP) is 7.14. The molecule has 8 rings (SSSR count). The molecule has 3 aromatic heterocycles. The molecule has 0 N–H and O–H groups in total. The Kier molecular flexibility index (Phi) is 9.24. The lowest BCUT2D eigenvalue weighted by atomic mass is 10.1. The number of methoxy groups -OCH3 is 2. The molecule has 0 bridgehead atoms. The maximum atomic E-state index is 11.5. The van der Waals surface area contributed by atoms with Crippen LogP contribution in [0.3, 0.4) is 0 Å². The molecule has 7 aromatic rings. The second kappa shape index (κ2) is 14.4. The van der Waals surface area contributed by atoms with Gasteiger partial charge in [0.1, 0.15) is 12.9 Å². The molecule has 1 unspecified atom stereocenters. The van der Waals surface area contributed by atoms with E-state index in [0.29, 0.717) is 11.8 Å². The molecule has 4 aromatic carbocycles. The van der Waals surface area contributed by atoms with Gasteiger partial charge in [-0.25, -0.2) is 19.6 Å². The van der Waals surface area contributed by atoms with Crippen molar-refractivity contribution in [3.8, 4) is 11.5 Å². The summed E-state index contributed by atoms with van der Waals surface area (Å²) in [6, 6.07) is 36.3. The Balaban J connectivity index is 0.000000157. The maximum absolute atomic E-state index is 11.5. The number of para-hydroxylation sites is 2. The number of carbonyl (C=O) groups is 2. The van der Waals surface area contributed by atoms with Crippen LogP contribution in [0.15, 0.2) is 137 Å². The van der Waals surface area contributed by atoms with Crippen molar-refractivity contribution in [1.82, 2.24) is 14.1 Å². The van der Waals surface area contributed by atoms with Crippen LogP contribution in [-0.4, -0.2) is 58.8 Å². The van der Waals surface area contributed by atoms with E-state index in [1.807, 2.05) is 54.6 Å². The molecule has 0 aliphatic carbocycles. The van der Waals surface area contributed by atoms with Gasteiger partial charge in [-0.15, -0.1) is 0 Å². The summed E-state index contributed by atoms with van der Waals surface area (Å²) in [5.41, 5.74) is 6.64. The summed E-state index contributed by atoms with van der Waals surface area (Å²) in [5, 5.41) is 2.47. The van der Waals surface area contributed by atoms with Crippen molar-refractivity contribution in [3.63, 3.8) is 0 Å². The van der Waals surface area contributed by atoms with Crippen LogP contribution >= 0.6 is 0 Å². The highest BCUT2D eigenvalue weighted by atomic mass is 16.5. The summed E-state index contributed by atoms with van der Waals surface area (Å²) in [6.45, 7) is 1.82. The summed E-state index contributed by atoms with van der Waals surface area (Å²) in [7, 11) is 2.67. The van der Waals surface area contributed by atoms with E-state index in [4.69, 9.17) is 13.9 Å². The van der Waals surface area contributed by atoms with Gasteiger partial charge in [-0.2, -0.15) is 0 Å². The molecule has 0 radical (unpaired) electrons. The fraction of sp³-hybridized carbons (Fsp3) is 0.150. The van der Waals surface area contributed by atoms with Crippen LogP contribution in [0, 0.1) is 0 Å². The Morgan fingerprint density at radius 2 is 1.28 bits per heavy atom. The fourth-order valence-corrected chi connectivity index (χ4v) is 5.85. The first-order valence-corrected chi connectivity index (χ1v) is 16.1. The number of nitrogens with zero attached hydrogens (tertiary/aromatic N) is 4. The van der Waals surface area contributed by atoms with E-state index in [-0.39, 0.29) is 18.3 Å². The third kappa shape index (κ3) is 6.91. The highest BCUT2D eigenvalue weighted by Crippen LogP contribution is 2.22. The minimum atomic E-state index is -0.564. The van der Waals surface area contributed by atoms with E-state index in [1.54, 1.807) is 0 Å². The van der Waals surface area contributed by atoms with Crippen molar-refractivity contribution in [2.75, 3.05) is 20.8 Å². The highest BCUT2D eigenvalue weighted by molar-refractivity contribution is 5.97. The number of hydrogen-bond acceptors (Lipinski definition) is 8.